The molecule has 1 amide bonds. The van der Waals surface area contributed by atoms with E-state index in [-0.39, 0.29) is 18.5 Å². The Morgan fingerprint density at radius 3 is 2.40 bits per heavy atom. The molecule has 0 saturated heterocycles. The molecule has 3 nitrogen and oxygen atoms in total. The third-order valence-electron chi connectivity index (χ3n) is 3.00. The van der Waals surface area contributed by atoms with E-state index in [0.29, 0.717) is 5.02 Å². The fraction of sp³-hybridized carbons (Fsp3) is 0.188. The van der Waals surface area contributed by atoms with Crippen molar-refractivity contribution < 1.29 is 4.79 Å². The van der Waals surface area contributed by atoms with Gasteiger partial charge in [-0.1, -0.05) is 41.9 Å². The first kappa shape index (κ1) is 14.6. The van der Waals surface area contributed by atoms with E-state index >= 15 is 0 Å². The van der Waals surface area contributed by atoms with Crippen molar-refractivity contribution in [3.63, 3.8) is 0 Å². The van der Waals surface area contributed by atoms with Gasteiger partial charge in [-0.3, -0.25) is 4.79 Å². The van der Waals surface area contributed by atoms with Crippen LogP contribution in [-0.4, -0.2) is 12.5 Å². The fourth-order valence-electron chi connectivity index (χ4n) is 1.84. The fourth-order valence-corrected chi connectivity index (χ4v) is 1.97. The number of nitrogens with one attached hydrogen (secondary N) is 2. The lowest BCUT2D eigenvalue weighted by Gasteiger charge is -2.14. The highest BCUT2D eigenvalue weighted by molar-refractivity contribution is 6.30. The van der Waals surface area contributed by atoms with Gasteiger partial charge >= 0.3 is 0 Å². The number of amides is 1. The number of para-hydroxylation sites is 1. The molecule has 0 heterocycles. The summed E-state index contributed by atoms with van der Waals surface area (Å²) in [5.74, 6) is -0.0583. The second-order valence-electron chi connectivity index (χ2n) is 4.57. The third kappa shape index (κ3) is 4.37. The molecule has 1 atom stereocenters. The zero-order valence-electron chi connectivity index (χ0n) is 11.3. The normalized spacial score (nSPS) is 11.9. The van der Waals surface area contributed by atoms with Crippen LogP contribution in [0, 0.1) is 0 Å². The van der Waals surface area contributed by atoms with Crippen LogP contribution in [0.3, 0.4) is 0 Å². The molecule has 2 rings (SSSR count). The molecule has 0 aromatic heterocycles. The average Bonchev–Trinajstić information content (AvgIpc) is 2.46. The van der Waals surface area contributed by atoms with Gasteiger partial charge in [0.2, 0.25) is 5.91 Å². The van der Waals surface area contributed by atoms with E-state index in [9.17, 15) is 4.79 Å². The van der Waals surface area contributed by atoms with E-state index in [0.717, 1.165) is 11.3 Å². The molecule has 104 valence electrons. The second-order valence-corrected chi connectivity index (χ2v) is 5.00. The maximum atomic E-state index is 11.8. The number of carbonyl (C=O) groups is 1. The molecule has 2 aromatic carbocycles. The van der Waals surface area contributed by atoms with Crippen molar-refractivity contribution in [1.82, 2.24) is 5.32 Å². The number of carbonyl (C=O) groups excluding carboxylic acids is 1. The second kappa shape index (κ2) is 7.08. The monoisotopic (exact) mass is 288 g/mol. The lowest BCUT2D eigenvalue weighted by Crippen LogP contribution is -2.30. The minimum absolute atomic E-state index is 0.0583. The van der Waals surface area contributed by atoms with Crippen molar-refractivity contribution in [2.24, 2.45) is 0 Å². The van der Waals surface area contributed by atoms with Crippen LogP contribution >= 0.6 is 11.6 Å². The molecule has 0 aliphatic carbocycles. The number of hydrogen-bond donors (Lipinski definition) is 2. The number of halogens is 1. The van der Waals surface area contributed by atoms with Crippen LogP contribution in [-0.2, 0) is 4.79 Å². The largest absolute Gasteiger partial charge is 0.325 e. The Hall–Kier alpha value is -1.84. The lowest BCUT2D eigenvalue weighted by atomic mass is 10.1. The van der Waals surface area contributed by atoms with Gasteiger partial charge in [0.1, 0.15) is 0 Å². The van der Waals surface area contributed by atoms with Crippen molar-refractivity contribution in [2.45, 2.75) is 13.0 Å². The van der Waals surface area contributed by atoms with E-state index in [1.54, 1.807) is 0 Å². The summed E-state index contributed by atoms with van der Waals surface area (Å²) >= 11 is 5.85. The smallest absolute Gasteiger partial charge is 0.238 e. The predicted molar refractivity (Wildman–Crippen MR) is 82.9 cm³/mol. The Bertz CT molecular complexity index is 554. The molecule has 0 fully saturated rings. The summed E-state index contributed by atoms with van der Waals surface area (Å²) in [4.78, 5) is 11.8. The summed E-state index contributed by atoms with van der Waals surface area (Å²) in [7, 11) is 0. The molecular formula is C16H17ClN2O. The quantitative estimate of drug-likeness (QED) is 0.882. The van der Waals surface area contributed by atoms with Crippen LogP contribution in [0.25, 0.3) is 0 Å². The molecule has 2 aromatic rings. The molecule has 0 saturated carbocycles. The van der Waals surface area contributed by atoms with Gasteiger partial charge in [-0.25, -0.2) is 0 Å². The van der Waals surface area contributed by atoms with Crippen molar-refractivity contribution >= 4 is 23.2 Å². The summed E-state index contributed by atoms with van der Waals surface area (Å²) in [6.45, 7) is 2.28. The van der Waals surface area contributed by atoms with Crippen LogP contribution < -0.4 is 10.6 Å². The van der Waals surface area contributed by atoms with Crippen molar-refractivity contribution in [3.8, 4) is 0 Å². The molecule has 4 heteroatoms. The molecule has 1 unspecified atom stereocenters. The SMILES string of the molecule is CC(NCC(=O)Nc1ccccc1)c1ccc(Cl)cc1. The van der Waals surface area contributed by atoms with Crippen LogP contribution in [0.4, 0.5) is 5.69 Å². The number of hydrogen-bond acceptors (Lipinski definition) is 2. The molecule has 0 radical (unpaired) electrons. The van der Waals surface area contributed by atoms with Crippen molar-refractivity contribution in [2.75, 3.05) is 11.9 Å². The van der Waals surface area contributed by atoms with Gasteiger partial charge in [0.05, 0.1) is 6.54 Å². The maximum absolute atomic E-state index is 11.8. The predicted octanol–water partition coefficient (Wildman–Crippen LogP) is 3.63. The Balaban J connectivity index is 1.82. The molecule has 20 heavy (non-hydrogen) atoms. The topological polar surface area (TPSA) is 41.1 Å². The highest BCUT2D eigenvalue weighted by atomic mass is 35.5. The zero-order valence-corrected chi connectivity index (χ0v) is 12.0. The maximum Gasteiger partial charge on any atom is 0.238 e. The van der Waals surface area contributed by atoms with Gasteiger partial charge in [-0.15, -0.1) is 0 Å². The Morgan fingerprint density at radius 2 is 1.75 bits per heavy atom. The minimum Gasteiger partial charge on any atom is -0.325 e. The first-order valence-corrected chi connectivity index (χ1v) is 6.86. The van der Waals surface area contributed by atoms with Crippen LogP contribution in [0.1, 0.15) is 18.5 Å². The Kier molecular flexibility index (Phi) is 5.16. The first-order chi connectivity index (χ1) is 9.65. The van der Waals surface area contributed by atoms with Crippen molar-refractivity contribution in [1.29, 1.82) is 0 Å². The third-order valence-corrected chi connectivity index (χ3v) is 3.25. The van der Waals surface area contributed by atoms with Gasteiger partial charge in [-0.2, -0.15) is 0 Å². The van der Waals surface area contributed by atoms with E-state index < -0.39 is 0 Å². The molecule has 0 spiro atoms. The van der Waals surface area contributed by atoms with E-state index in [1.165, 1.54) is 0 Å². The van der Waals surface area contributed by atoms with Gasteiger partial charge in [0.15, 0.2) is 0 Å². The summed E-state index contributed by atoms with van der Waals surface area (Å²) in [6, 6.07) is 17.1. The molecule has 0 bridgehead atoms. The Labute approximate surface area is 124 Å². The summed E-state index contributed by atoms with van der Waals surface area (Å²) < 4.78 is 0. The summed E-state index contributed by atoms with van der Waals surface area (Å²) in [6.07, 6.45) is 0. The average molecular weight is 289 g/mol. The van der Waals surface area contributed by atoms with Gasteiger partial charge < -0.3 is 10.6 Å². The zero-order chi connectivity index (χ0) is 14.4. The van der Waals surface area contributed by atoms with E-state index in [2.05, 4.69) is 10.6 Å². The van der Waals surface area contributed by atoms with Gasteiger partial charge in [-0.05, 0) is 36.8 Å². The molecular weight excluding hydrogens is 272 g/mol. The highest BCUT2D eigenvalue weighted by Gasteiger charge is 2.07. The Morgan fingerprint density at radius 1 is 1.10 bits per heavy atom. The standard InChI is InChI=1S/C16H17ClN2O/c1-12(13-7-9-14(17)10-8-13)18-11-16(20)19-15-5-3-2-4-6-15/h2-10,12,18H,11H2,1H3,(H,19,20). The van der Waals surface area contributed by atoms with E-state index in [4.69, 9.17) is 11.6 Å². The number of anilines is 1. The number of benzene rings is 2. The van der Waals surface area contributed by atoms with Crippen LogP contribution in [0.5, 0.6) is 0 Å². The summed E-state index contributed by atoms with van der Waals surface area (Å²) in [5.41, 5.74) is 1.90. The molecule has 0 aliphatic rings. The minimum atomic E-state index is -0.0583. The van der Waals surface area contributed by atoms with Crippen LogP contribution in [0.2, 0.25) is 5.02 Å². The molecule has 0 aliphatic heterocycles. The summed E-state index contributed by atoms with van der Waals surface area (Å²) in [5, 5.41) is 6.73. The number of rotatable bonds is 5. The van der Waals surface area contributed by atoms with Crippen molar-refractivity contribution in [3.05, 3.63) is 65.2 Å². The highest BCUT2D eigenvalue weighted by Crippen LogP contribution is 2.15. The lowest BCUT2D eigenvalue weighted by molar-refractivity contribution is -0.115. The van der Waals surface area contributed by atoms with Crippen LogP contribution in [0.15, 0.2) is 54.6 Å². The van der Waals surface area contributed by atoms with E-state index in [1.807, 2.05) is 61.5 Å². The molecule has 2 N–H and O–H groups in total. The first-order valence-electron chi connectivity index (χ1n) is 6.49. The van der Waals surface area contributed by atoms with Gasteiger partial charge in [0.25, 0.3) is 0 Å². The van der Waals surface area contributed by atoms with Gasteiger partial charge in [0, 0.05) is 16.8 Å².